The van der Waals surface area contributed by atoms with Gasteiger partial charge in [-0.1, -0.05) is 47.1 Å². The molecule has 3 rings (SSSR count). The summed E-state index contributed by atoms with van der Waals surface area (Å²) in [5.41, 5.74) is 1.76. The van der Waals surface area contributed by atoms with Crippen LogP contribution in [-0.4, -0.2) is 42.1 Å². The third-order valence-electron chi connectivity index (χ3n) is 6.47. The molecule has 1 saturated carbocycles. The fourth-order valence-electron chi connectivity index (χ4n) is 4.25. The van der Waals surface area contributed by atoms with Gasteiger partial charge in [0, 0.05) is 38.4 Å². The quantitative estimate of drug-likeness (QED) is 0.753. The van der Waals surface area contributed by atoms with Gasteiger partial charge >= 0.3 is 0 Å². The van der Waals surface area contributed by atoms with Crippen molar-refractivity contribution < 1.29 is 0 Å². The zero-order valence-electron chi connectivity index (χ0n) is 17.4. The maximum Gasteiger partial charge on any atom is 0.128 e. The van der Waals surface area contributed by atoms with E-state index >= 15 is 0 Å². The summed E-state index contributed by atoms with van der Waals surface area (Å²) in [6.07, 6.45) is 7.51. The molecule has 1 aromatic heterocycles. The second kappa shape index (κ2) is 9.02. The molecular formula is C22H39N3. The SMILES string of the molecule is CC.CCC(C)(C)C1CC[C@@H](N2CCN(c3ccc(C)cn3)CC2)C1. The van der Waals surface area contributed by atoms with Crippen LogP contribution < -0.4 is 4.90 Å². The molecule has 2 aliphatic rings. The van der Waals surface area contributed by atoms with Crippen molar-refractivity contribution >= 4 is 5.82 Å². The molecular weight excluding hydrogens is 306 g/mol. The summed E-state index contributed by atoms with van der Waals surface area (Å²) in [7, 11) is 0. The Labute approximate surface area is 155 Å². The minimum atomic E-state index is 0.516. The van der Waals surface area contributed by atoms with Crippen molar-refractivity contribution in [2.75, 3.05) is 31.1 Å². The summed E-state index contributed by atoms with van der Waals surface area (Å²) in [5.74, 6) is 2.06. The molecule has 0 amide bonds. The Balaban J connectivity index is 0.00000109. The van der Waals surface area contributed by atoms with Crippen LogP contribution in [0.5, 0.6) is 0 Å². The van der Waals surface area contributed by atoms with E-state index in [4.69, 9.17) is 0 Å². The number of anilines is 1. The molecule has 0 aromatic carbocycles. The molecule has 0 radical (unpaired) electrons. The molecule has 2 heterocycles. The van der Waals surface area contributed by atoms with Crippen LogP contribution in [0.15, 0.2) is 18.3 Å². The lowest BCUT2D eigenvalue weighted by molar-refractivity contribution is 0.158. The molecule has 1 aliphatic carbocycles. The van der Waals surface area contributed by atoms with Crippen LogP contribution in [0, 0.1) is 18.3 Å². The van der Waals surface area contributed by atoms with Gasteiger partial charge in [-0.15, -0.1) is 0 Å². The predicted octanol–water partition coefficient (Wildman–Crippen LogP) is 5.14. The molecule has 0 spiro atoms. The van der Waals surface area contributed by atoms with Gasteiger partial charge in [0.1, 0.15) is 5.82 Å². The molecule has 2 fully saturated rings. The van der Waals surface area contributed by atoms with Crippen molar-refractivity contribution in [1.82, 2.24) is 9.88 Å². The van der Waals surface area contributed by atoms with Gasteiger partial charge in [0.15, 0.2) is 0 Å². The summed E-state index contributed by atoms with van der Waals surface area (Å²) in [6, 6.07) is 5.16. The van der Waals surface area contributed by atoms with Gasteiger partial charge in [0.05, 0.1) is 0 Å². The van der Waals surface area contributed by atoms with E-state index in [0.717, 1.165) is 30.9 Å². The Morgan fingerprint density at radius 2 is 1.76 bits per heavy atom. The van der Waals surface area contributed by atoms with Crippen LogP contribution in [0.2, 0.25) is 0 Å². The average Bonchev–Trinajstić information content (AvgIpc) is 3.15. The van der Waals surface area contributed by atoms with Crippen molar-refractivity contribution in [3.05, 3.63) is 23.9 Å². The predicted molar refractivity (Wildman–Crippen MR) is 109 cm³/mol. The molecule has 0 N–H and O–H groups in total. The molecule has 25 heavy (non-hydrogen) atoms. The molecule has 1 saturated heterocycles. The lowest BCUT2D eigenvalue weighted by Crippen LogP contribution is -2.50. The van der Waals surface area contributed by atoms with E-state index in [1.54, 1.807) is 0 Å². The topological polar surface area (TPSA) is 19.4 Å². The van der Waals surface area contributed by atoms with Gasteiger partial charge in [-0.25, -0.2) is 4.98 Å². The molecule has 1 aliphatic heterocycles. The number of aryl methyl sites for hydroxylation is 1. The summed E-state index contributed by atoms with van der Waals surface area (Å²) in [5, 5.41) is 0. The van der Waals surface area contributed by atoms with Gasteiger partial charge in [-0.3, -0.25) is 4.90 Å². The number of nitrogens with zero attached hydrogens (tertiary/aromatic N) is 3. The highest BCUT2D eigenvalue weighted by Gasteiger charge is 2.37. The fourth-order valence-corrected chi connectivity index (χ4v) is 4.25. The Bertz CT molecular complexity index is 501. The minimum absolute atomic E-state index is 0.516. The van der Waals surface area contributed by atoms with Gasteiger partial charge < -0.3 is 4.90 Å². The zero-order chi connectivity index (χ0) is 18.4. The van der Waals surface area contributed by atoms with Crippen LogP contribution in [0.4, 0.5) is 5.82 Å². The third kappa shape index (κ3) is 4.97. The van der Waals surface area contributed by atoms with Crippen LogP contribution in [0.25, 0.3) is 0 Å². The number of hydrogen-bond donors (Lipinski definition) is 0. The first kappa shape index (κ1) is 20.2. The molecule has 3 nitrogen and oxygen atoms in total. The highest BCUT2D eigenvalue weighted by molar-refractivity contribution is 5.39. The largest absolute Gasteiger partial charge is 0.354 e. The second-order valence-electron chi connectivity index (χ2n) is 8.22. The van der Waals surface area contributed by atoms with E-state index in [9.17, 15) is 0 Å². The maximum atomic E-state index is 4.59. The Morgan fingerprint density at radius 3 is 2.32 bits per heavy atom. The van der Waals surface area contributed by atoms with E-state index in [2.05, 4.69) is 54.6 Å². The summed E-state index contributed by atoms with van der Waals surface area (Å²) >= 11 is 0. The average molecular weight is 346 g/mol. The first-order valence-electron chi connectivity index (χ1n) is 10.4. The van der Waals surface area contributed by atoms with Crippen LogP contribution in [0.3, 0.4) is 0 Å². The number of pyridine rings is 1. The zero-order valence-corrected chi connectivity index (χ0v) is 17.4. The molecule has 1 aromatic rings. The highest BCUT2D eigenvalue weighted by Crippen LogP contribution is 2.43. The lowest BCUT2D eigenvalue weighted by atomic mass is 9.76. The highest BCUT2D eigenvalue weighted by atomic mass is 15.3. The summed E-state index contributed by atoms with van der Waals surface area (Å²) in [4.78, 5) is 9.78. The summed E-state index contributed by atoms with van der Waals surface area (Å²) in [6.45, 7) is 18.0. The van der Waals surface area contributed by atoms with Crippen molar-refractivity contribution in [2.45, 2.75) is 73.3 Å². The normalized spacial score (nSPS) is 24.8. The first-order chi connectivity index (χ1) is 12.0. The molecule has 2 atom stereocenters. The number of aromatic nitrogens is 1. The van der Waals surface area contributed by atoms with E-state index in [1.807, 2.05) is 20.0 Å². The third-order valence-corrected chi connectivity index (χ3v) is 6.47. The molecule has 0 bridgehead atoms. The van der Waals surface area contributed by atoms with E-state index < -0.39 is 0 Å². The molecule has 3 heteroatoms. The van der Waals surface area contributed by atoms with Crippen LogP contribution in [0.1, 0.15) is 65.9 Å². The van der Waals surface area contributed by atoms with Crippen molar-refractivity contribution in [1.29, 1.82) is 0 Å². The number of rotatable bonds is 4. The molecule has 142 valence electrons. The number of hydrogen-bond acceptors (Lipinski definition) is 3. The first-order valence-corrected chi connectivity index (χ1v) is 10.4. The molecule has 1 unspecified atom stereocenters. The smallest absolute Gasteiger partial charge is 0.128 e. The Hall–Kier alpha value is -1.09. The van der Waals surface area contributed by atoms with Gasteiger partial charge in [-0.2, -0.15) is 0 Å². The van der Waals surface area contributed by atoms with E-state index in [1.165, 1.54) is 44.3 Å². The second-order valence-corrected chi connectivity index (χ2v) is 8.22. The minimum Gasteiger partial charge on any atom is -0.354 e. The van der Waals surface area contributed by atoms with E-state index in [-0.39, 0.29) is 0 Å². The Morgan fingerprint density at radius 1 is 1.08 bits per heavy atom. The summed E-state index contributed by atoms with van der Waals surface area (Å²) < 4.78 is 0. The fraction of sp³-hybridized carbons (Fsp3) is 0.773. The standard InChI is InChI=1S/C20H33N3.C2H6/c1-5-20(3,4)17-7-8-18(14-17)22-10-12-23(13-11-22)19-9-6-16(2)15-21-19;1-2/h6,9,15,17-18H,5,7-8,10-14H2,1-4H3;1-2H3/t17?,18-;/m1./s1. The van der Waals surface area contributed by atoms with Gasteiger partial charge in [0.25, 0.3) is 0 Å². The van der Waals surface area contributed by atoms with Crippen LogP contribution in [-0.2, 0) is 0 Å². The Kier molecular flexibility index (Phi) is 7.30. The van der Waals surface area contributed by atoms with Crippen molar-refractivity contribution in [3.63, 3.8) is 0 Å². The van der Waals surface area contributed by atoms with Gasteiger partial charge in [-0.05, 0) is 49.1 Å². The lowest BCUT2D eigenvalue weighted by Gasteiger charge is -2.39. The monoisotopic (exact) mass is 345 g/mol. The van der Waals surface area contributed by atoms with Crippen LogP contribution >= 0.6 is 0 Å². The van der Waals surface area contributed by atoms with E-state index in [0.29, 0.717) is 5.41 Å². The maximum absolute atomic E-state index is 4.59. The van der Waals surface area contributed by atoms with Gasteiger partial charge in [0.2, 0.25) is 0 Å². The van der Waals surface area contributed by atoms with Crippen molar-refractivity contribution in [3.8, 4) is 0 Å². The van der Waals surface area contributed by atoms with Crippen molar-refractivity contribution in [2.24, 2.45) is 11.3 Å². The number of piperazine rings is 1.